The second-order valence-corrected chi connectivity index (χ2v) is 7.89. The van der Waals surface area contributed by atoms with E-state index in [-0.39, 0.29) is 48.4 Å². The fourth-order valence-corrected chi connectivity index (χ4v) is 2.89. The number of nitrogens with two attached hydrogens (primary N) is 3. The number of rotatable bonds is 11. The number of amides is 1. The van der Waals surface area contributed by atoms with Crippen LogP contribution in [-0.4, -0.2) is 47.1 Å². The highest BCUT2D eigenvalue weighted by Gasteiger charge is 2.15. The summed E-state index contributed by atoms with van der Waals surface area (Å²) in [6, 6.07) is 7.73. The highest BCUT2D eigenvalue weighted by molar-refractivity contribution is 6.06. The molecule has 2 aromatic rings. The lowest BCUT2D eigenvalue weighted by molar-refractivity contribution is -0.147. The number of aryl methyl sites for hydroxylation is 2. The van der Waals surface area contributed by atoms with Crippen LogP contribution in [0.2, 0.25) is 0 Å². The summed E-state index contributed by atoms with van der Waals surface area (Å²) >= 11 is 0. The normalized spacial score (nSPS) is 11.4. The molecule has 1 aromatic heterocycles. The Kier molecular flexibility index (Phi) is 10.1. The molecule has 0 saturated heterocycles. The van der Waals surface area contributed by atoms with Gasteiger partial charge in [-0.05, 0) is 57.7 Å². The third-order valence-electron chi connectivity index (χ3n) is 4.61. The maximum atomic E-state index is 12.3. The third kappa shape index (κ3) is 8.93. The van der Waals surface area contributed by atoms with Gasteiger partial charge in [0.05, 0.1) is 24.8 Å². The fraction of sp³-hybridized carbons (Fsp3) is 0.435. The molecule has 2 rings (SSSR count). The molecule has 1 amide bonds. The highest BCUT2D eigenvalue weighted by Crippen LogP contribution is 2.15. The molecule has 0 radical (unpaired) electrons. The van der Waals surface area contributed by atoms with Crippen LogP contribution in [0, 0.1) is 6.92 Å². The summed E-state index contributed by atoms with van der Waals surface area (Å²) in [4.78, 5) is 35.8. The second kappa shape index (κ2) is 13.0. The van der Waals surface area contributed by atoms with Gasteiger partial charge in [-0.3, -0.25) is 19.9 Å². The Morgan fingerprint density at radius 3 is 2.47 bits per heavy atom. The first-order chi connectivity index (χ1) is 16.2. The van der Waals surface area contributed by atoms with Crippen LogP contribution in [0.4, 0.5) is 11.6 Å². The van der Waals surface area contributed by atoms with Gasteiger partial charge in [-0.2, -0.15) is 0 Å². The summed E-state index contributed by atoms with van der Waals surface area (Å²) in [5.74, 6) is -0.0728. The first-order valence-corrected chi connectivity index (χ1v) is 11.1. The van der Waals surface area contributed by atoms with Gasteiger partial charge in [-0.1, -0.05) is 12.1 Å². The van der Waals surface area contributed by atoms with Gasteiger partial charge in [0, 0.05) is 6.54 Å². The van der Waals surface area contributed by atoms with E-state index < -0.39 is 5.91 Å². The average Bonchev–Trinajstić information content (AvgIpc) is 2.76. The molecule has 1 aromatic carbocycles. The summed E-state index contributed by atoms with van der Waals surface area (Å²) in [7, 11) is 0. The van der Waals surface area contributed by atoms with Crippen molar-refractivity contribution in [2.24, 2.45) is 10.7 Å². The lowest BCUT2D eigenvalue weighted by Gasteiger charge is -2.09. The summed E-state index contributed by atoms with van der Waals surface area (Å²) in [6.45, 7) is 5.99. The Labute approximate surface area is 199 Å². The molecular weight excluding hydrogens is 438 g/mol. The number of carbonyl (C=O) groups is 2. The highest BCUT2D eigenvalue weighted by atomic mass is 16.5. The number of nitrogens with one attached hydrogen (secondary N) is 1. The van der Waals surface area contributed by atoms with E-state index >= 15 is 0 Å². The van der Waals surface area contributed by atoms with Gasteiger partial charge in [0.25, 0.3) is 5.91 Å². The quantitative estimate of drug-likeness (QED) is 0.164. The van der Waals surface area contributed by atoms with Crippen LogP contribution < -0.4 is 27.3 Å². The van der Waals surface area contributed by atoms with Crippen molar-refractivity contribution in [3.05, 3.63) is 41.2 Å². The molecule has 0 bridgehead atoms. The number of guanidine groups is 1. The van der Waals surface area contributed by atoms with Crippen molar-refractivity contribution in [2.45, 2.75) is 52.6 Å². The van der Waals surface area contributed by atoms with Gasteiger partial charge < -0.3 is 26.7 Å². The van der Waals surface area contributed by atoms with Crippen molar-refractivity contribution in [2.75, 3.05) is 24.6 Å². The molecular formula is C23H33N7O4. The second-order valence-electron chi connectivity index (χ2n) is 7.89. The molecule has 0 saturated carbocycles. The number of hydrogen-bond acceptors (Lipinski definition) is 9. The number of unbranched alkanes of at least 4 members (excludes halogenated alkanes) is 1. The van der Waals surface area contributed by atoms with Crippen LogP contribution in [0.3, 0.4) is 0 Å². The van der Waals surface area contributed by atoms with E-state index in [0.717, 1.165) is 24.8 Å². The molecule has 0 spiro atoms. The number of anilines is 2. The van der Waals surface area contributed by atoms with Gasteiger partial charge in [0.1, 0.15) is 11.6 Å². The van der Waals surface area contributed by atoms with Gasteiger partial charge in [0.15, 0.2) is 17.5 Å². The summed E-state index contributed by atoms with van der Waals surface area (Å²) in [6.07, 6.45) is 2.63. The van der Waals surface area contributed by atoms with Crippen LogP contribution >= 0.6 is 0 Å². The lowest BCUT2D eigenvalue weighted by atomic mass is 10.1. The topological polar surface area (TPSA) is 181 Å². The van der Waals surface area contributed by atoms with E-state index in [1.165, 1.54) is 0 Å². The number of aromatic nitrogens is 2. The molecule has 11 heteroatoms. The van der Waals surface area contributed by atoms with Crippen molar-refractivity contribution >= 4 is 29.5 Å². The SMILES string of the molecule is Cc1nc(C(=O)NC(N)=NCCCCc2ccc(OCCC(=O)OC(C)C)cc2)c(N)nc1N. The Morgan fingerprint density at radius 2 is 1.79 bits per heavy atom. The molecule has 0 fully saturated rings. The van der Waals surface area contributed by atoms with Crippen molar-refractivity contribution in [3.63, 3.8) is 0 Å². The molecule has 0 aliphatic heterocycles. The molecule has 34 heavy (non-hydrogen) atoms. The Bertz CT molecular complexity index is 1010. The molecule has 184 valence electrons. The Balaban J connectivity index is 1.68. The predicted molar refractivity (Wildman–Crippen MR) is 130 cm³/mol. The molecule has 0 aliphatic rings. The van der Waals surface area contributed by atoms with Crippen molar-refractivity contribution in [1.29, 1.82) is 0 Å². The average molecular weight is 472 g/mol. The fourth-order valence-electron chi connectivity index (χ4n) is 2.89. The minimum absolute atomic E-state index is 0.0144. The van der Waals surface area contributed by atoms with E-state index in [1.807, 2.05) is 38.1 Å². The van der Waals surface area contributed by atoms with E-state index in [1.54, 1.807) is 6.92 Å². The number of esters is 1. The van der Waals surface area contributed by atoms with Crippen LogP contribution in [0.5, 0.6) is 5.75 Å². The van der Waals surface area contributed by atoms with Crippen LogP contribution in [-0.2, 0) is 16.0 Å². The number of aliphatic imine (C=N–C) groups is 1. The van der Waals surface area contributed by atoms with Gasteiger partial charge in [-0.25, -0.2) is 9.97 Å². The molecule has 0 unspecified atom stereocenters. The number of nitrogen functional groups attached to an aromatic ring is 2. The molecule has 0 atom stereocenters. The van der Waals surface area contributed by atoms with Gasteiger partial charge in [-0.15, -0.1) is 0 Å². The van der Waals surface area contributed by atoms with Crippen LogP contribution in [0.25, 0.3) is 0 Å². The van der Waals surface area contributed by atoms with Crippen LogP contribution in [0.15, 0.2) is 29.3 Å². The largest absolute Gasteiger partial charge is 0.493 e. The van der Waals surface area contributed by atoms with Gasteiger partial charge >= 0.3 is 5.97 Å². The summed E-state index contributed by atoms with van der Waals surface area (Å²) < 4.78 is 10.6. The maximum absolute atomic E-state index is 12.3. The van der Waals surface area contributed by atoms with Gasteiger partial charge in [0.2, 0.25) is 0 Å². The van der Waals surface area contributed by atoms with Crippen molar-refractivity contribution in [3.8, 4) is 5.75 Å². The van der Waals surface area contributed by atoms with E-state index in [9.17, 15) is 9.59 Å². The predicted octanol–water partition coefficient (Wildman–Crippen LogP) is 1.74. The molecule has 0 aliphatic carbocycles. The number of benzene rings is 1. The maximum Gasteiger partial charge on any atom is 0.309 e. The number of carbonyl (C=O) groups excluding carboxylic acids is 2. The first-order valence-electron chi connectivity index (χ1n) is 11.1. The summed E-state index contributed by atoms with van der Waals surface area (Å²) in [5.41, 5.74) is 18.6. The minimum Gasteiger partial charge on any atom is -0.493 e. The number of nitrogens with zero attached hydrogens (tertiary/aromatic N) is 3. The Morgan fingerprint density at radius 1 is 1.09 bits per heavy atom. The van der Waals surface area contributed by atoms with E-state index in [0.29, 0.717) is 18.0 Å². The van der Waals surface area contributed by atoms with Crippen molar-refractivity contribution < 1.29 is 19.1 Å². The Hall–Kier alpha value is -3.89. The monoisotopic (exact) mass is 471 g/mol. The lowest BCUT2D eigenvalue weighted by Crippen LogP contribution is -2.38. The number of hydrogen-bond donors (Lipinski definition) is 4. The zero-order valence-corrected chi connectivity index (χ0v) is 19.8. The molecule has 1 heterocycles. The molecule has 7 N–H and O–H groups in total. The summed E-state index contributed by atoms with van der Waals surface area (Å²) in [5, 5.41) is 2.45. The standard InChI is InChI=1S/C23H33N7O4/c1-14(2)34-18(31)11-13-33-17-9-7-16(8-10-17)6-4-5-12-27-23(26)30-22(32)19-21(25)29-20(24)15(3)28-19/h7-10,14H,4-6,11-13H2,1-3H3,(H4,24,25,29)(H3,26,27,30,32). The zero-order chi connectivity index (χ0) is 25.1. The number of ether oxygens (including phenoxy) is 2. The van der Waals surface area contributed by atoms with E-state index in [2.05, 4.69) is 20.3 Å². The minimum atomic E-state index is -0.589. The smallest absolute Gasteiger partial charge is 0.309 e. The molecule has 11 nitrogen and oxygen atoms in total. The van der Waals surface area contributed by atoms with E-state index in [4.69, 9.17) is 26.7 Å². The van der Waals surface area contributed by atoms with Crippen molar-refractivity contribution in [1.82, 2.24) is 15.3 Å². The third-order valence-corrected chi connectivity index (χ3v) is 4.61. The van der Waals surface area contributed by atoms with Crippen LogP contribution in [0.1, 0.15) is 54.9 Å². The zero-order valence-electron chi connectivity index (χ0n) is 19.8. The first kappa shape index (κ1) is 26.4.